The summed E-state index contributed by atoms with van der Waals surface area (Å²) in [7, 11) is 0. The molecule has 28 heavy (non-hydrogen) atoms. The summed E-state index contributed by atoms with van der Waals surface area (Å²) in [6, 6.07) is 25.1. The number of pyridine rings is 2. The highest BCUT2D eigenvalue weighted by atomic mass is 14.8. The molecule has 0 N–H and O–H groups in total. The van der Waals surface area contributed by atoms with Gasteiger partial charge < -0.3 is 0 Å². The Morgan fingerprint density at radius 3 is 1.04 bits per heavy atom. The minimum atomic E-state index is 0.897. The highest BCUT2D eigenvalue weighted by Gasteiger charge is 2.11. The van der Waals surface area contributed by atoms with Gasteiger partial charge in [-0.1, -0.05) is 48.5 Å². The van der Waals surface area contributed by atoms with Crippen LogP contribution in [0, 0.1) is 27.7 Å². The number of rotatable bonds is 3. The molecule has 0 saturated heterocycles. The Labute approximate surface area is 167 Å². The quantitative estimate of drug-likeness (QED) is 0.404. The van der Waals surface area contributed by atoms with E-state index in [1.165, 1.54) is 33.4 Å². The van der Waals surface area contributed by atoms with E-state index in [1.807, 2.05) is 12.1 Å². The van der Waals surface area contributed by atoms with Crippen molar-refractivity contribution in [1.82, 2.24) is 9.97 Å². The van der Waals surface area contributed by atoms with E-state index in [0.717, 1.165) is 22.8 Å². The van der Waals surface area contributed by atoms with Gasteiger partial charge in [-0.2, -0.15) is 0 Å². The third-order valence-corrected chi connectivity index (χ3v) is 5.24. The zero-order valence-electron chi connectivity index (χ0n) is 16.8. The van der Waals surface area contributed by atoms with Crippen molar-refractivity contribution < 1.29 is 0 Å². The van der Waals surface area contributed by atoms with Gasteiger partial charge in [0.25, 0.3) is 0 Å². The number of nitrogens with zero attached hydrogens (tertiary/aromatic N) is 2. The van der Waals surface area contributed by atoms with Crippen LogP contribution in [0.2, 0.25) is 0 Å². The highest BCUT2D eigenvalue weighted by Crippen LogP contribution is 2.30. The SMILES string of the molecule is Cc1cccc(C)c1-c1cccc(-c2cccc(-c3c(C)cccc3C)n2)n1. The molecule has 2 heterocycles. The zero-order valence-corrected chi connectivity index (χ0v) is 16.8. The van der Waals surface area contributed by atoms with Crippen molar-refractivity contribution in [1.29, 1.82) is 0 Å². The summed E-state index contributed by atoms with van der Waals surface area (Å²) in [6.07, 6.45) is 0. The molecule has 0 amide bonds. The number of hydrogen-bond donors (Lipinski definition) is 0. The standard InChI is InChI=1S/C26H24N2/c1-17-9-5-10-18(2)25(17)23-15-7-13-21(27-23)22-14-8-16-24(28-22)26-19(3)11-6-12-20(26)4/h5-16H,1-4H3. The first-order valence-corrected chi connectivity index (χ1v) is 9.62. The number of hydrogen-bond acceptors (Lipinski definition) is 2. The Kier molecular flexibility index (Phi) is 4.79. The van der Waals surface area contributed by atoms with E-state index in [1.54, 1.807) is 0 Å². The number of benzene rings is 2. The lowest BCUT2D eigenvalue weighted by Gasteiger charge is -2.12. The average molecular weight is 364 g/mol. The summed E-state index contributed by atoms with van der Waals surface area (Å²) in [5.41, 5.74) is 11.1. The third-order valence-electron chi connectivity index (χ3n) is 5.24. The second-order valence-corrected chi connectivity index (χ2v) is 7.35. The highest BCUT2D eigenvalue weighted by molar-refractivity contribution is 5.72. The normalized spacial score (nSPS) is 10.9. The van der Waals surface area contributed by atoms with Crippen LogP contribution in [-0.2, 0) is 0 Å². The van der Waals surface area contributed by atoms with Crippen LogP contribution in [0.1, 0.15) is 22.3 Å². The zero-order chi connectivity index (χ0) is 19.7. The first-order chi connectivity index (χ1) is 13.5. The van der Waals surface area contributed by atoms with E-state index in [4.69, 9.17) is 9.97 Å². The van der Waals surface area contributed by atoms with Crippen molar-refractivity contribution in [2.45, 2.75) is 27.7 Å². The van der Waals surface area contributed by atoms with E-state index in [9.17, 15) is 0 Å². The second kappa shape index (κ2) is 7.40. The third kappa shape index (κ3) is 3.34. The molecule has 2 aromatic heterocycles. The summed E-state index contributed by atoms with van der Waals surface area (Å²) in [4.78, 5) is 9.90. The van der Waals surface area contributed by atoms with Crippen molar-refractivity contribution in [2.24, 2.45) is 0 Å². The van der Waals surface area contributed by atoms with Gasteiger partial charge in [-0.05, 0) is 74.2 Å². The average Bonchev–Trinajstić information content (AvgIpc) is 2.68. The van der Waals surface area contributed by atoms with Crippen LogP contribution in [0.5, 0.6) is 0 Å². The summed E-state index contributed by atoms with van der Waals surface area (Å²) in [5.74, 6) is 0. The number of aryl methyl sites for hydroxylation is 4. The molecule has 2 heteroatoms. The first kappa shape index (κ1) is 18.1. The van der Waals surface area contributed by atoms with E-state index in [0.29, 0.717) is 0 Å². The molecule has 4 aromatic rings. The van der Waals surface area contributed by atoms with E-state index < -0.39 is 0 Å². The van der Waals surface area contributed by atoms with Crippen molar-refractivity contribution in [2.75, 3.05) is 0 Å². The van der Waals surface area contributed by atoms with Crippen LogP contribution in [0.3, 0.4) is 0 Å². The van der Waals surface area contributed by atoms with Crippen molar-refractivity contribution >= 4 is 0 Å². The van der Waals surface area contributed by atoms with Crippen LogP contribution in [0.4, 0.5) is 0 Å². The van der Waals surface area contributed by atoms with Gasteiger partial charge in [0.2, 0.25) is 0 Å². The molecule has 0 atom stereocenters. The van der Waals surface area contributed by atoms with Gasteiger partial charge in [-0.15, -0.1) is 0 Å². The van der Waals surface area contributed by atoms with Gasteiger partial charge >= 0.3 is 0 Å². The summed E-state index contributed by atoms with van der Waals surface area (Å²) in [5, 5.41) is 0. The molecular weight excluding hydrogens is 340 g/mol. The lowest BCUT2D eigenvalue weighted by Crippen LogP contribution is -1.96. The fourth-order valence-electron chi connectivity index (χ4n) is 3.87. The van der Waals surface area contributed by atoms with Crippen LogP contribution in [-0.4, -0.2) is 9.97 Å². The lowest BCUT2D eigenvalue weighted by atomic mass is 9.98. The predicted molar refractivity (Wildman–Crippen MR) is 117 cm³/mol. The fraction of sp³-hybridized carbons (Fsp3) is 0.154. The molecular formula is C26H24N2. The van der Waals surface area contributed by atoms with Crippen molar-refractivity contribution in [3.05, 3.63) is 95.1 Å². The Morgan fingerprint density at radius 2 is 0.679 bits per heavy atom. The van der Waals surface area contributed by atoms with Crippen LogP contribution in [0.25, 0.3) is 33.9 Å². The maximum absolute atomic E-state index is 4.95. The Morgan fingerprint density at radius 1 is 0.393 bits per heavy atom. The maximum Gasteiger partial charge on any atom is 0.0893 e. The van der Waals surface area contributed by atoms with E-state index in [2.05, 4.69) is 88.4 Å². The summed E-state index contributed by atoms with van der Waals surface area (Å²) >= 11 is 0. The van der Waals surface area contributed by atoms with Gasteiger partial charge in [0.15, 0.2) is 0 Å². The second-order valence-electron chi connectivity index (χ2n) is 7.35. The van der Waals surface area contributed by atoms with Crippen LogP contribution >= 0.6 is 0 Å². The molecule has 0 saturated carbocycles. The molecule has 0 aliphatic rings. The minimum absolute atomic E-state index is 0.897. The lowest BCUT2D eigenvalue weighted by molar-refractivity contribution is 1.22. The molecule has 138 valence electrons. The number of aromatic nitrogens is 2. The van der Waals surface area contributed by atoms with Gasteiger partial charge in [0, 0.05) is 11.1 Å². The van der Waals surface area contributed by atoms with Crippen molar-refractivity contribution in [3.63, 3.8) is 0 Å². The molecule has 0 bridgehead atoms. The van der Waals surface area contributed by atoms with Gasteiger partial charge in [0.1, 0.15) is 0 Å². The Bertz CT molecular complexity index is 1030. The van der Waals surface area contributed by atoms with Crippen LogP contribution in [0.15, 0.2) is 72.8 Å². The van der Waals surface area contributed by atoms with Gasteiger partial charge in [0.05, 0.1) is 22.8 Å². The summed E-state index contributed by atoms with van der Waals surface area (Å²) in [6.45, 7) is 8.54. The molecule has 0 spiro atoms. The maximum atomic E-state index is 4.95. The molecule has 0 aliphatic carbocycles. The topological polar surface area (TPSA) is 25.8 Å². The fourth-order valence-corrected chi connectivity index (χ4v) is 3.87. The molecule has 0 aliphatic heterocycles. The monoisotopic (exact) mass is 364 g/mol. The summed E-state index contributed by atoms with van der Waals surface area (Å²) < 4.78 is 0. The first-order valence-electron chi connectivity index (χ1n) is 9.62. The van der Waals surface area contributed by atoms with Crippen molar-refractivity contribution in [3.8, 4) is 33.9 Å². The molecule has 4 rings (SSSR count). The smallest absolute Gasteiger partial charge is 0.0893 e. The molecule has 0 fully saturated rings. The Hall–Kier alpha value is -3.26. The van der Waals surface area contributed by atoms with Crippen LogP contribution < -0.4 is 0 Å². The molecule has 2 aromatic carbocycles. The van der Waals surface area contributed by atoms with E-state index in [-0.39, 0.29) is 0 Å². The molecule has 2 nitrogen and oxygen atoms in total. The largest absolute Gasteiger partial charge is 0.246 e. The minimum Gasteiger partial charge on any atom is -0.246 e. The van der Waals surface area contributed by atoms with Gasteiger partial charge in [-0.3, -0.25) is 0 Å². The molecule has 0 unspecified atom stereocenters. The Balaban J connectivity index is 1.81. The molecule has 0 radical (unpaired) electrons. The predicted octanol–water partition coefficient (Wildman–Crippen LogP) is 6.71. The van der Waals surface area contributed by atoms with E-state index >= 15 is 0 Å². The van der Waals surface area contributed by atoms with Gasteiger partial charge in [-0.25, -0.2) is 9.97 Å².